The summed E-state index contributed by atoms with van der Waals surface area (Å²) in [6.45, 7) is 1.23. The highest BCUT2D eigenvalue weighted by Gasteiger charge is 2.26. The van der Waals surface area contributed by atoms with Gasteiger partial charge >= 0.3 is 0 Å². The summed E-state index contributed by atoms with van der Waals surface area (Å²) in [7, 11) is 1.59. The maximum absolute atomic E-state index is 12.9. The molecule has 0 bridgehead atoms. The molecule has 0 spiro atoms. The third-order valence-corrected chi connectivity index (χ3v) is 5.48. The summed E-state index contributed by atoms with van der Waals surface area (Å²) in [5.41, 5.74) is 0.601. The highest BCUT2D eigenvalue weighted by Crippen LogP contribution is 2.26. The van der Waals surface area contributed by atoms with Crippen molar-refractivity contribution < 1.29 is 14.3 Å². The van der Waals surface area contributed by atoms with E-state index in [0.717, 1.165) is 17.3 Å². The van der Waals surface area contributed by atoms with Crippen molar-refractivity contribution in [2.75, 3.05) is 20.2 Å². The number of piperidine rings is 1. The summed E-state index contributed by atoms with van der Waals surface area (Å²) in [4.78, 5) is 14.7. The highest BCUT2D eigenvalue weighted by molar-refractivity contribution is 9.10. The van der Waals surface area contributed by atoms with Crippen LogP contribution >= 0.6 is 15.9 Å². The van der Waals surface area contributed by atoms with Gasteiger partial charge in [0.25, 0.3) is 5.91 Å². The molecular formula is C20H20BrN5O3. The topological polar surface area (TPSA) is 82.4 Å². The summed E-state index contributed by atoms with van der Waals surface area (Å²) in [5.74, 6) is 1.75. The van der Waals surface area contributed by atoms with Gasteiger partial charge in [0.05, 0.1) is 12.7 Å². The molecule has 1 aromatic carbocycles. The molecule has 0 radical (unpaired) electrons. The average molecular weight is 458 g/mol. The van der Waals surface area contributed by atoms with E-state index in [0.29, 0.717) is 36.1 Å². The highest BCUT2D eigenvalue weighted by atomic mass is 79.9. The van der Waals surface area contributed by atoms with Crippen molar-refractivity contribution in [2.24, 2.45) is 0 Å². The normalized spacial score (nSPS) is 14.6. The fourth-order valence-electron chi connectivity index (χ4n) is 3.22. The molecule has 4 rings (SSSR count). The van der Waals surface area contributed by atoms with E-state index in [1.54, 1.807) is 36.3 Å². The van der Waals surface area contributed by atoms with Crippen LogP contribution in [0.15, 0.2) is 53.3 Å². The second-order valence-electron chi connectivity index (χ2n) is 6.64. The molecular weight excluding hydrogens is 438 g/mol. The molecule has 9 heteroatoms. The first-order valence-corrected chi connectivity index (χ1v) is 10.1. The number of amides is 1. The number of carbonyl (C=O) groups excluding carboxylic acids is 1. The lowest BCUT2D eigenvalue weighted by atomic mass is 10.1. The lowest BCUT2D eigenvalue weighted by Gasteiger charge is -2.32. The van der Waals surface area contributed by atoms with Gasteiger partial charge in [0.1, 0.15) is 11.9 Å². The van der Waals surface area contributed by atoms with Gasteiger partial charge in [-0.25, -0.2) is 4.68 Å². The Kier molecular flexibility index (Phi) is 5.75. The van der Waals surface area contributed by atoms with Crippen LogP contribution in [-0.2, 0) is 0 Å². The molecule has 1 aliphatic rings. The van der Waals surface area contributed by atoms with E-state index >= 15 is 0 Å². The third kappa shape index (κ3) is 4.40. The number of ether oxygens (including phenoxy) is 2. The zero-order chi connectivity index (χ0) is 20.2. The van der Waals surface area contributed by atoms with Gasteiger partial charge in [-0.2, -0.15) is 5.10 Å². The number of benzene rings is 1. The Bertz CT molecular complexity index is 970. The summed E-state index contributed by atoms with van der Waals surface area (Å²) >= 11 is 3.45. The van der Waals surface area contributed by atoms with Crippen LogP contribution in [0.25, 0.3) is 5.82 Å². The summed E-state index contributed by atoms with van der Waals surface area (Å²) in [6, 6.07) is 10.8. The fourth-order valence-corrected chi connectivity index (χ4v) is 3.63. The number of hydrogen-bond acceptors (Lipinski definition) is 6. The van der Waals surface area contributed by atoms with Crippen molar-refractivity contribution in [3.05, 3.63) is 58.8 Å². The van der Waals surface area contributed by atoms with Crippen LogP contribution in [0, 0.1) is 0 Å². The fraction of sp³-hybridized carbons (Fsp3) is 0.300. The third-order valence-electron chi connectivity index (χ3n) is 4.79. The molecule has 0 N–H and O–H groups in total. The van der Waals surface area contributed by atoms with Gasteiger partial charge in [0.15, 0.2) is 5.82 Å². The quantitative estimate of drug-likeness (QED) is 0.585. The second kappa shape index (κ2) is 8.60. The zero-order valence-corrected chi connectivity index (χ0v) is 17.4. The van der Waals surface area contributed by atoms with Crippen LogP contribution in [-0.4, -0.2) is 57.1 Å². The molecule has 0 unspecified atom stereocenters. The lowest BCUT2D eigenvalue weighted by molar-refractivity contribution is 0.0585. The van der Waals surface area contributed by atoms with Gasteiger partial charge in [-0.15, -0.1) is 10.2 Å². The minimum absolute atomic E-state index is 0.00217. The lowest BCUT2D eigenvalue weighted by Crippen LogP contribution is -2.42. The van der Waals surface area contributed by atoms with Gasteiger partial charge in [-0.05, 0) is 46.3 Å². The molecule has 3 aromatic rings. The number of likely N-dealkylation sites (tertiary alicyclic amines) is 1. The number of methoxy groups -OCH3 is 1. The predicted octanol–water partition coefficient (Wildman–Crippen LogP) is 3.12. The summed E-state index contributed by atoms with van der Waals surface area (Å²) in [5, 5.41) is 12.4. The van der Waals surface area contributed by atoms with Crippen LogP contribution in [0.4, 0.5) is 0 Å². The summed E-state index contributed by atoms with van der Waals surface area (Å²) < 4.78 is 13.6. The second-order valence-corrected chi connectivity index (χ2v) is 7.49. The SMILES string of the molecule is COc1ccc(Br)c(C(=O)N2CCC(Oc3ccc(-n4cccn4)nn3)CC2)c1. The van der Waals surface area contributed by atoms with Crippen molar-refractivity contribution in [3.8, 4) is 17.4 Å². The number of hydrogen-bond donors (Lipinski definition) is 0. The van der Waals surface area contributed by atoms with Crippen LogP contribution in [0.5, 0.6) is 11.6 Å². The van der Waals surface area contributed by atoms with Crippen molar-refractivity contribution in [1.82, 2.24) is 24.9 Å². The van der Waals surface area contributed by atoms with E-state index < -0.39 is 0 Å². The van der Waals surface area contributed by atoms with E-state index in [4.69, 9.17) is 9.47 Å². The number of carbonyl (C=O) groups is 1. The maximum Gasteiger partial charge on any atom is 0.255 e. The predicted molar refractivity (Wildman–Crippen MR) is 109 cm³/mol. The molecule has 0 atom stereocenters. The molecule has 0 saturated carbocycles. The maximum atomic E-state index is 12.9. The van der Waals surface area contributed by atoms with E-state index in [1.807, 2.05) is 29.2 Å². The Labute approximate surface area is 176 Å². The number of rotatable bonds is 5. The Morgan fingerprint density at radius 2 is 2.00 bits per heavy atom. The number of aromatic nitrogens is 4. The Morgan fingerprint density at radius 3 is 2.66 bits per heavy atom. The molecule has 1 amide bonds. The first-order valence-electron chi connectivity index (χ1n) is 9.27. The molecule has 0 aliphatic carbocycles. The molecule has 1 fully saturated rings. The molecule has 1 saturated heterocycles. The van der Waals surface area contributed by atoms with Gasteiger partial charge in [-0.1, -0.05) is 0 Å². The first-order chi connectivity index (χ1) is 14.1. The van der Waals surface area contributed by atoms with E-state index in [1.165, 1.54) is 0 Å². The van der Waals surface area contributed by atoms with E-state index in [9.17, 15) is 4.79 Å². The minimum Gasteiger partial charge on any atom is -0.497 e. The van der Waals surface area contributed by atoms with Crippen LogP contribution in [0.3, 0.4) is 0 Å². The van der Waals surface area contributed by atoms with Gasteiger partial charge < -0.3 is 14.4 Å². The smallest absolute Gasteiger partial charge is 0.255 e. The Balaban J connectivity index is 1.34. The molecule has 3 heterocycles. The van der Waals surface area contributed by atoms with Crippen molar-refractivity contribution in [1.29, 1.82) is 0 Å². The standard InChI is InChI=1S/C20H20BrN5O3/c1-28-15-3-4-17(21)16(13-15)20(27)25-11-7-14(8-12-25)29-19-6-5-18(23-24-19)26-10-2-9-22-26/h2-6,9-10,13-14H,7-8,11-12H2,1H3. The molecule has 29 heavy (non-hydrogen) atoms. The summed E-state index contributed by atoms with van der Waals surface area (Å²) in [6.07, 6.45) is 4.95. The average Bonchev–Trinajstić information content (AvgIpc) is 3.30. The van der Waals surface area contributed by atoms with E-state index in [2.05, 4.69) is 31.2 Å². The van der Waals surface area contributed by atoms with Gasteiger partial charge in [-0.3, -0.25) is 4.79 Å². The monoisotopic (exact) mass is 457 g/mol. The largest absolute Gasteiger partial charge is 0.497 e. The van der Waals surface area contributed by atoms with Crippen molar-refractivity contribution in [2.45, 2.75) is 18.9 Å². The van der Waals surface area contributed by atoms with E-state index in [-0.39, 0.29) is 12.0 Å². The number of nitrogens with zero attached hydrogens (tertiary/aromatic N) is 5. The van der Waals surface area contributed by atoms with Crippen molar-refractivity contribution >= 4 is 21.8 Å². The Morgan fingerprint density at radius 1 is 1.17 bits per heavy atom. The van der Waals surface area contributed by atoms with Gasteiger partial charge in [0.2, 0.25) is 5.88 Å². The first kappa shape index (κ1) is 19.4. The van der Waals surface area contributed by atoms with Crippen LogP contribution in [0.2, 0.25) is 0 Å². The van der Waals surface area contributed by atoms with Gasteiger partial charge in [0, 0.05) is 48.9 Å². The molecule has 8 nitrogen and oxygen atoms in total. The zero-order valence-electron chi connectivity index (χ0n) is 15.9. The number of halogens is 1. The van der Waals surface area contributed by atoms with Crippen LogP contribution in [0.1, 0.15) is 23.2 Å². The van der Waals surface area contributed by atoms with Crippen molar-refractivity contribution in [3.63, 3.8) is 0 Å². The molecule has 2 aromatic heterocycles. The minimum atomic E-state index is -0.0161. The molecule has 1 aliphatic heterocycles. The Hall–Kier alpha value is -2.94. The van der Waals surface area contributed by atoms with Crippen LogP contribution < -0.4 is 9.47 Å². The molecule has 150 valence electrons.